The number of allylic oxidation sites excluding steroid dienone is 1. The van der Waals surface area contributed by atoms with Gasteiger partial charge in [0, 0.05) is 12.5 Å². The van der Waals surface area contributed by atoms with Crippen molar-refractivity contribution in [2.75, 3.05) is 5.32 Å². The fourth-order valence-electron chi connectivity index (χ4n) is 3.01. The maximum absolute atomic E-state index is 11.7. The van der Waals surface area contributed by atoms with E-state index in [1.807, 2.05) is 37.3 Å². The Balaban J connectivity index is 1.76. The molecule has 8 heteroatoms. The Morgan fingerprint density at radius 2 is 1.93 bits per heavy atom. The van der Waals surface area contributed by atoms with Gasteiger partial charge < -0.3 is 21.5 Å². The summed E-state index contributed by atoms with van der Waals surface area (Å²) < 4.78 is 6.04. The molecule has 1 aliphatic carbocycles. The van der Waals surface area contributed by atoms with Crippen molar-refractivity contribution in [2.24, 2.45) is 11.5 Å². The number of aromatic nitrogens is 2. The van der Waals surface area contributed by atoms with E-state index in [4.69, 9.17) is 16.2 Å². The van der Waals surface area contributed by atoms with E-state index < -0.39 is 17.9 Å². The van der Waals surface area contributed by atoms with Crippen molar-refractivity contribution in [3.8, 4) is 5.75 Å². The molecule has 1 aliphatic rings. The van der Waals surface area contributed by atoms with Gasteiger partial charge in [0.1, 0.15) is 29.4 Å². The summed E-state index contributed by atoms with van der Waals surface area (Å²) in [4.78, 5) is 31.7. The number of aryl methyl sites for hydroxylation is 1. The van der Waals surface area contributed by atoms with E-state index in [1.165, 1.54) is 11.6 Å². The van der Waals surface area contributed by atoms with Crippen LogP contribution in [-0.2, 0) is 4.79 Å². The number of hydrogen-bond acceptors (Lipinski definition) is 6. The number of amides is 2. The molecule has 8 nitrogen and oxygen atoms in total. The molecule has 0 spiro atoms. The van der Waals surface area contributed by atoms with Gasteiger partial charge in [0.2, 0.25) is 5.91 Å². The van der Waals surface area contributed by atoms with E-state index in [-0.39, 0.29) is 11.8 Å². The van der Waals surface area contributed by atoms with Crippen molar-refractivity contribution in [2.45, 2.75) is 45.3 Å². The molecule has 1 unspecified atom stereocenters. The molecule has 0 bridgehead atoms. The minimum atomic E-state index is -0.666. The normalized spacial score (nSPS) is 17.2. The monoisotopic (exact) mass is 395 g/mol. The minimum Gasteiger partial charge on any atom is -0.490 e. The fraction of sp³-hybridized carbons (Fsp3) is 0.333. The minimum absolute atomic E-state index is 0.0632. The van der Waals surface area contributed by atoms with Crippen LogP contribution in [0.5, 0.6) is 5.75 Å². The molecule has 2 aromatic rings. The Hall–Kier alpha value is -3.42. The van der Waals surface area contributed by atoms with Crippen LogP contribution in [0.1, 0.15) is 48.1 Å². The van der Waals surface area contributed by atoms with Crippen molar-refractivity contribution in [3.63, 3.8) is 0 Å². The third-order valence-electron chi connectivity index (χ3n) is 4.74. The average Bonchev–Trinajstić information content (AvgIpc) is 2.70. The van der Waals surface area contributed by atoms with Crippen LogP contribution in [-0.4, -0.2) is 33.9 Å². The van der Waals surface area contributed by atoms with Crippen LogP contribution < -0.4 is 21.5 Å². The predicted molar refractivity (Wildman–Crippen MR) is 110 cm³/mol. The molecule has 2 atom stereocenters. The number of anilines is 1. The van der Waals surface area contributed by atoms with Gasteiger partial charge in [-0.1, -0.05) is 23.8 Å². The van der Waals surface area contributed by atoms with E-state index in [2.05, 4.69) is 15.3 Å². The van der Waals surface area contributed by atoms with Gasteiger partial charge in [-0.15, -0.1) is 0 Å². The lowest BCUT2D eigenvalue weighted by Crippen LogP contribution is -2.33. The zero-order chi connectivity index (χ0) is 21.0. The number of primary amides is 2. The molecule has 29 heavy (non-hydrogen) atoms. The number of carbonyl (C=O) groups excluding carboxylic acids is 2. The Bertz CT molecular complexity index is 940. The van der Waals surface area contributed by atoms with Crippen molar-refractivity contribution >= 4 is 23.2 Å². The number of rotatable bonds is 7. The van der Waals surface area contributed by atoms with Crippen LogP contribution in [0.15, 0.2) is 36.4 Å². The Morgan fingerprint density at radius 3 is 2.52 bits per heavy atom. The van der Waals surface area contributed by atoms with E-state index >= 15 is 0 Å². The first-order chi connectivity index (χ1) is 13.8. The first-order valence-electron chi connectivity index (χ1n) is 9.49. The molecule has 1 aromatic heterocycles. The zero-order valence-electron chi connectivity index (χ0n) is 16.5. The molecule has 3 rings (SSSR count). The highest BCUT2D eigenvalue weighted by molar-refractivity contribution is 5.92. The van der Waals surface area contributed by atoms with E-state index in [0.29, 0.717) is 24.5 Å². The molecule has 1 heterocycles. The van der Waals surface area contributed by atoms with Crippen LogP contribution in [0.4, 0.5) is 5.82 Å². The second kappa shape index (κ2) is 8.72. The molecule has 1 aromatic carbocycles. The lowest BCUT2D eigenvalue weighted by molar-refractivity contribution is -0.118. The van der Waals surface area contributed by atoms with Gasteiger partial charge in [-0.2, -0.15) is 0 Å². The number of hydrogen-bond donors (Lipinski definition) is 3. The van der Waals surface area contributed by atoms with Crippen LogP contribution in [0, 0.1) is 6.92 Å². The van der Waals surface area contributed by atoms with Crippen LogP contribution in [0.2, 0.25) is 0 Å². The highest BCUT2D eigenvalue weighted by atomic mass is 16.5. The Labute approximate surface area is 169 Å². The summed E-state index contributed by atoms with van der Waals surface area (Å²) in [6.07, 6.45) is 4.28. The summed E-state index contributed by atoms with van der Waals surface area (Å²) >= 11 is 0. The number of carbonyl (C=O) groups is 2. The molecular weight excluding hydrogens is 370 g/mol. The molecule has 152 valence electrons. The summed E-state index contributed by atoms with van der Waals surface area (Å²) in [6, 6.07) is 8.73. The van der Waals surface area contributed by atoms with E-state index in [1.54, 1.807) is 6.92 Å². The number of nitrogens with one attached hydrogen (secondary N) is 1. The maximum atomic E-state index is 11.7. The highest BCUT2D eigenvalue weighted by Crippen LogP contribution is 2.28. The maximum Gasteiger partial charge on any atom is 0.267 e. The summed E-state index contributed by atoms with van der Waals surface area (Å²) in [5.41, 5.74) is 12.9. The van der Waals surface area contributed by atoms with Crippen LogP contribution in [0.25, 0.3) is 5.57 Å². The summed E-state index contributed by atoms with van der Waals surface area (Å²) in [7, 11) is 0. The number of benzene rings is 1. The lowest BCUT2D eigenvalue weighted by Gasteiger charge is -2.23. The van der Waals surface area contributed by atoms with Crippen molar-refractivity contribution in [1.82, 2.24) is 9.97 Å². The molecule has 0 fully saturated rings. The smallest absolute Gasteiger partial charge is 0.267 e. The molecule has 0 saturated heterocycles. The Kier molecular flexibility index (Phi) is 6.11. The molecule has 5 N–H and O–H groups in total. The molecule has 2 amide bonds. The van der Waals surface area contributed by atoms with Gasteiger partial charge in [-0.3, -0.25) is 9.59 Å². The van der Waals surface area contributed by atoms with Gasteiger partial charge in [0.25, 0.3) is 5.91 Å². The molecule has 0 saturated carbocycles. The van der Waals surface area contributed by atoms with E-state index in [0.717, 1.165) is 17.7 Å². The SMILES string of the molecule is Cc1ccc(OC2CC=C(c3nc(N[C@@H](C)C(N)=O)cc(C(N)=O)n3)CC2)cc1. The second-order valence-electron chi connectivity index (χ2n) is 7.15. The van der Waals surface area contributed by atoms with Gasteiger partial charge in [0.05, 0.1) is 0 Å². The molecule has 0 radical (unpaired) electrons. The number of nitrogens with two attached hydrogens (primary N) is 2. The van der Waals surface area contributed by atoms with Gasteiger partial charge in [-0.25, -0.2) is 9.97 Å². The van der Waals surface area contributed by atoms with Crippen molar-refractivity contribution in [3.05, 3.63) is 53.5 Å². The van der Waals surface area contributed by atoms with Gasteiger partial charge in [-0.05, 0) is 44.4 Å². The summed E-state index contributed by atoms with van der Waals surface area (Å²) in [5.74, 6) is 0.388. The van der Waals surface area contributed by atoms with Crippen molar-refractivity contribution in [1.29, 1.82) is 0 Å². The number of nitrogens with zero attached hydrogens (tertiary/aromatic N) is 2. The number of ether oxygens (including phenoxy) is 1. The van der Waals surface area contributed by atoms with E-state index in [9.17, 15) is 9.59 Å². The van der Waals surface area contributed by atoms with Gasteiger partial charge >= 0.3 is 0 Å². The van der Waals surface area contributed by atoms with Gasteiger partial charge in [0.15, 0.2) is 5.82 Å². The second-order valence-corrected chi connectivity index (χ2v) is 7.15. The zero-order valence-corrected chi connectivity index (χ0v) is 16.5. The molecule has 0 aliphatic heterocycles. The topological polar surface area (TPSA) is 133 Å². The Morgan fingerprint density at radius 1 is 1.21 bits per heavy atom. The average molecular weight is 395 g/mol. The summed E-state index contributed by atoms with van der Waals surface area (Å²) in [5, 5.41) is 2.88. The largest absolute Gasteiger partial charge is 0.490 e. The first-order valence-corrected chi connectivity index (χ1v) is 9.49. The predicted octanol–water partition coefficient (Wildman–Crippen LogP) is 2.18. The van der Waals surface area contributed by atoms with Crippen molar-refractivity contribution < 1.29 is 14.3 Å². The third-order valence-corrected chi connectivity index (χ3v) is 4.74. The quantitative estimate of drug-likeness (QED) is 0.658. The molecular formula is C21H25N5O3. The third kappa shape index (κ3) is 5.31. The standard InChI is InChI=1S/C21H25N5O3/c1-12-3-7-15(8-4-12)29-16-9-5-14(6-10-16)21-25-17(20(23)28)11-18(26-21)24-13(2)19(22)27/h3-5,7-8,11,13,16H,6,9-10H2,1-2H3,(H2,22,27)(H2,23,28)(H,24,25,26)/t13-,16?/m0/s1. The lowest BCUT2D eigenvalue weighted by atomic mass is 9.96. The highest BCUT2D eigenvalue weighted by Gasteiger charge is 2.21. The fourth-order valence-corrected chi connectivity index (χ4v) is 3.01. The summed E-state index contributed by atoms with van der Waals surface area (Å²) in [6.45, 7) is 3.65. The first kappa shape index (κ1) is 20.3. The van der Waals surface area contributed by atoms with Crippen LogP contribution in [0.3, 0.4) is 0 Å². The van der Waals surface area contributed by atoms with Crippen LogP contribution >= 0.6 is 0 Å².